The number of hydrogen-bond donors (Lipinski definition) is 4. The van der Waals surface area contributed by atoms with Gasteiger partial charge in [0, 0.05) is 32.1 Å². The summed E-state index contributed by atoms with van der Waals surface area (Å²) in [5, 5.41) is 9.15. The molecule has 6 nitrogen and oxygen atoms in total. The number of hydrogen-bond acceptors (Lipinski definition) is 4. The Hall–Kier alpha value is -1.14. The molecule has 0 spiro atoms. The van der Waals surface area contributed by atoms with Crippen LogP contribution in [0.3, 0.4) is 0 Å². The average Bonchev–Trinajstić information content (AvgIpc) is 2.25. The van der Waals surface area contributed by atoms with Gasteiger partial charge in [0.2, 0.25) is 11.8 Å². The molecule has 1 heterocycles. The number of primary amides is 1. The molecule has 5 N–H and O–H groups in total. The number of piperazine rings is 1. The highest BCUT2D eigenvalue weighted by molar-refractivity contribution is 5.82. The van der Waals surface area contributed by atoms with E-state index >= 15 is 0 Å². The Balaban J connectivity index is 2.12. The largest absolute Gasteiger partial charge is 0.370 e. The molecule has 0 bridgehead atoms. The lowest BCUT2D eigenvalue weighted by Crippen LogP contribution is -2.58. The van der Waals surface area contributed by atoms with E-state index in [0.29, 0.717) is 32.0 Å². The van der Waals surface area contributed by atoms with Gasteiger partial charge in [-0.1, -0.05) is 0 Å². The first-order valence-electron chi connectivity index (χ1n) is 5.62. The van der Waals surface area contributed by atoms with Crippen molar-refractivity contribution in [3.63, 3.8) is 0 Å². The van der Waals surface area contributed by atoms with Crippen molar-refractivity contribution in [3.05, 3.63) is 0 Å². The highest BCUT2D eigenvalue weighted by Gasteiger charge is 2.22. The van der Waals surface area contributed by atoms with Gasteiger partial charge in [0.05, 0.1) is 6.04 Å². The van der Waals surface area contributed by atoms with E-state index < -0.39 is 0 Å². The normalized spacial score (nSPS) is 25.1. The summed E-state index contributed by atoms with van der Waals surface area (Å²) in [7, 11) is 0. The fraction of sp³-hybridized carbons (Fsp3) is 0.800. The van der Waals surface area contributed by atoms with E-state index in [0.717, 1.165) is 6.54 Å². The predicted octanol–water partition coefficient (Wildman–Crippen LogP) is -1.68. The Kier molecular flexibility index (Phi) is 5.21. The Bertz CT molecular complexity index is 249. The molecule has 1 rings (SSSR count). The van der Waals surface area contributed by atoms with E-state index in [9.17, 15) is 9.59 Å². The van der Waals surface area contributed by atoms with Gasteiger partial charge in [-0.2, -0.15) is 0 Å². The first-order valence-corrected chi connectivity index (χ1v) is 5.62. The molecule has 0 aromatic heterocycles. The van der Waals surface area contributed by atoms with Crippen molar-refractivity contribution >= 4 is 11.8 Å². The van der Waals surface area contributed by atoms with Gasteiger partial charge in [-0.25, -0.2) is 0 Å². The first-order chi connectivity index (χ1) is 7.59. The lowest BCUT2D eigenvalue weighted by Gasteiger charge is -2.28. The fourth-order valence-electron chi connectivity index (χ4n) is 1.57. The summed E-state index contributed by atoms with van der Waals surface area (Å²) in [6, 6.07) is 0.226. The van der Waals surface area contributed by atoms with Crippen LogP contribution in [0.15, 0.2) is 0 Å². The summed E-state index contributed by atoms with van der Waals surface area (Å²) >= 11 is 0. The monoisotopic (exact) mass is 228 g/mol. The maximum Gasteiger partial charge on any atom is 0.238 e. The molecule has 2 atom stereocenters. The maximum atomic E-state index is 11.6. The highest BCUT2D eigenvalue weighted by Crippen LogP contribution is 1.93. The molecule has 1 fully saturated rings. The molecule has 0 radical (unpaired) electrons. The molecule has 0 saturated carbocycles. The smallest absolute Gasteiger partial charge is 0.238 e. The van der Waals surface area contributed by atoms with Gasteiger partial charge in [0.25, 0.3) is 0 Å². The number of nitrogens with one attached hydrogen (secondary N) is 3. The number of rotatable bonds is 5. The topological polar surface area (TPSA) is 96.2 Å². The zero-order valence-corrected chi connectivity index (χ0v) is 9.58. The van der Waals surface area contributed by atoms with Crippen molar-refractivity contribution in [1.29, 1.82) is 0 Å². The maximum absolute atomic E-state index is 11.6. The average molecular weight is 228 g/mol. The summed E-state index contributed by atoms with van der Waals surface area (Å²) in [6.07, 6.45) is 0.908. The first kappa shape index (κ1) is 12.9. The Morgan fingerprint density at radius 1 is 1.38 bits per heavy atom. The number of nitrogens with two attached hydrogens (primary N) is 1. The number of carbonyl (C=O) groups excluding carboxylic acids is 2. The number of amides is 2. The van der Waals surface area contributed by atoms with Crippen LogP contribution >= 0.6 is 0 Å². The second-order valence-corrected chi connectivity index (χ2v) is 4.13. The van der Waals surface area contributed by atoms with Gasteiger partial charge in [-0.05, 0) is 13.3 Å². The minimum Gasteiger partial charge on any atom is -0.370 e. The van der Waals surface area contributed by atoms with Gasteiger partial charge in [0.1, 0.15) is 0 Å². The molecule has 1 saturated heterocycles. The van der Waals surface area contributed by atoms with Crippen molar-refractivity contribution in [3.8, 4) is 0 Å². The lowest BCUT2D eigenvalue weighted by molar-refractivity contribution is -0.124. The molecule has 0 aliphatic carbocycles. The molecule has 2 amide bonds. The summed E-state index contributed by atoms with van der Waals surface area (Å²) in [5.41, 5.74) is 4.99. The molecular weight excluding hydrogens is 208 g/mol. The van der Waals surface area contributed by atoms with Crippen molar-refractivity contribution in [2.75, 3.05) is 19.6 Å². The molecule has 6 heteroatoms. The van der Waals surface area contributed by atoms with Crippen LogP contribution in [0.2, 0.25) is 0 Å². The van der Waals surface area contributed by atoms with Crippen LogP contribution in [0.25, 0.3) is 0 Å². The van der Waals surface area contributed by atoms with Crippen molar-refractivity contribution < 1.29 is 9.59 Å². The summed E-state index contributed by atoms with van der Waals surface area (Å²) in [5.74, 6) is -0.357. The van der Waals surface area contributed by atoms with Crippen LogP contribution in [-0.4, -0.2) is 43.5 Å². The lowest BCUT2D eigenvalue weighted by atomic mass is 10.1. The van der Waals surface area contributed by atoms with E-state index in [1.54, 1.807) is 0 Å². The zero-order valence-electron chi connectivity index (χ0n) is 9.58. The summed E-state index contributed by atoms with van der Waals surface area (Å²) < 4.78 is 0. The van der Waals surface area contributed by atoms with Crippen LogP contribution in [-0.2, 0) is 9.59 Å². The third kappa shape index (κ3) is 4.59. The zero-order chi connectivity index (χ0) is 12.0. The molecule has 16 heavy (non-hydrogen) atoms. The van der Waals surface area contributed by atoms with Crippen LogP contribution in [0.1, 0.15) is 19.8 Å². The van der Waals surface area contributed by atoms with E-state index in [1.807, 2.05) is 0 Å². The SMILES string of the molecule is CC1CNC(C(=O)NCCCC(N)=O)CN1. The Morgan fingerprint density at radius 2 is 2.12 bits per heavy atom. The molecule has 0 aromatic rings. The Labute approximate surface area is 95.3 Å². The fourth-order valence-corrected chi connectivity index (χ4v) is 1.57. The van der Waals surface area contributed by atoms with Crippen molar-refractivity contribution in [2.24, 2.45) is 5.73 Å². The van der Waals surface area contributed by atoms with Crippen LogP contribution in [0, 0.1) is 0 Å². The van der Waals surface area contributed by atoms with E-state index in [-0.39, 0.29) is 17.9 Å². The predicted molar refractivity (Wildman–Crippen MR) is 60.7 cm³/mol. The third-order valence-corrected chi connectivity index (χ3v) is 2.56. The number of carbonyl (C=O) groups is 2. The van der Waals surface area contributed by atoms with Crippen LogP contribution < -0.4 is 21.7 Å². The minimum atomic E-state index is -0.333. The third-order valence-electron chi connectivity index (χ3n) is 2.56. The molecular formula is C10H20N4O2. The van der Waals surface area contributed by atoms with Crippen molar-refractivity contribution in [1.82, 2.24) is 16.0 Å². The highest BCUT2D eigenvalue weighted by atomic mass is 16.2. The molecule has 0 aromatic carbocycles. The van der Waals surface area contributed by atoms with E-state index in [2.05, 4.69) is 22.9 Å². The molecule has 1 aliphatic rings. The van der Waals surface area contributed by atoms with Crippen LogP contribution in [0.5, 0.6) is 0 Å². The van der Waals surface area contributed by atoms with Gasteiger partial charge in [0.15, 0.2) is 0 Å². The Morgan fingerprint density at radius 3 is 2.69 bits per heavy atom. The molecule has 92 valence electrons. The van der Waals surface area contributed by atoms with Gasteiger partial charge in [-0.3, -0.25) is 9.59 Å². The molecule has 1 aliphatic heterocycles. The standard InChI is InChI=1S/C10H20N4O2/c1-7-5-14-8(6-13-7)10(16)12-4-2-3-9(11)15/h7-8,13-14H,2-6H2,1H3,(H2,11,15)(H,12,16). The second-order valence-electron chi connectivity index (χ2n) is 4.13. The van der Waals surface area contributed by atoms with E-state index in [1.165, 1.54) is 0 Å². The van der Waals surface area contributed by atoms with Crippen molar-refractivity contribution in [2.45, 2.75) is 31.8 Å². The molecule has 2 unspecified atom stereocenters. The summed E-state index contributed by atoms with van der Waals surface area (Å²) in [6.45, 7) is 3.99. The van der Waals surface area contributed by atoms with Gasteiger partial charge in [-0.15, -0.1) is 0 Å². The van der Waals surface area contributed by atoms with Gasteiger partial charge >= 0.3 is 0 Å². The van der Waals surface area contributed by atoms with E-state index in [4.69, 9.17) is 5.73 Å². The quantitative estimate of drug-likeness (QED) is 0.423. The second kappa shape index (κ2) is 6.44. The minimum absolute atomic E-state index is 0.0242. The summed E-state index contributed by atoms with van der Waals surface area (Å²) in [4.78, 5) is 22.1. The van der Waals surface area contributed by atoms with Crippen LogP contribution in [0.4, 0.5) is 0 Å². The van der Waals surface area contributed by atoms with Gasteiger partial charge < -0.3 is 21.7 Å².